The van der Waals surface area contributed by atoms with Gasteiger partial charge in [0.25, 0.3) is 0 Å². The molecule has 20 nitrogen and oxygen atoms in total. The molecular weight excluding hydrogens is 1590 g/mol. The van der Waals surface area contributed by atoms with Gasteiger partial charge in [0.1, 0.15) is 9.49 Å². The summed E-state index contributed by atoms with van der Waals surface area (Å²) in [5, 5.41) is 105. The minimum atomic E-state index is -0.959. The number of hydrogen-bond donors (Lipinski definition) is 5. The first kappa shape index (κ1) is 85.6. The Morgan fingerprint density at radius 2 is 0.645 bits per heavy atom. The molecule has 0 saturated carbocycles. The second kappa shape index (κ2) is 38.2. The van der Waals surface area contributed by atoms with Crippen LogP contribution in [0.4, 0.5) is 0 Å². The zero-order chi connectivity index (χ0) is 87.8. The molecular formula is C102H72N10O10S2. The van der Waals surface area contributed by atoms with Crippen molar-refractivity contribution in [2.45, 2.75) is 66.2 Å². The minimum Gasteiger partial charge on any atom is -0.481 e. The van der Waals surface area contributed by atoms with E-state index in [1.54, 1.807) is 132 Å². The quantitative estimate of drug-likeness (QED) is 0.0529. The molecule has 0 unspecified atom stereocenters. The van der Waals surface area contributed by atoms with Gasteiger partial charge in [0.05, 0.1) is 70.1 Å². The summed E-state index contributed by atoms with van der Waals surface area (Å²) >= 11 is 2.64. The molecule has 0 radical (unpaired) electrons. The number of aromatic carboxylic acids is 1. The van der Waals surface area contributed by atoms with E-state index in [1.165, 1.54) is 23.5 Å². The van der Waals surface area contributed by atoms with Crippen LogP contribution in [0.2, 0.25) is 0 Å². The van der Waals surface area contributed by atoms with Crippen LogP contribution in [-0.2, 0) is 32.0 Å². The second-order valence-corrected chi connectivity index (χ2v) is 32.9. The van der Waals surface area contributed by atoms with Crippen LogP contribution in [0.15, 0.2) is 308 Å². The lowest BCUT2D eigenvalue weighted by atomic mass is 9.93. The van der Waals surface area contributed by atoms with Crippen LogP contribution in [0.5, 0.6) is 0 Å². The Bertz CT molecular complexity index is 7290. The van der Waals surface area contributed by atoms with Gasteiger partial charge < -0.3 is 25.5 Å². The lowest BCUT2D eigenvalue weighted by Gasteiger charge is -2.19. The van der Waals surface area contributed by atoms with Gasteiger partial charge in [-0.1, -0.05) is 146 Å². The number of rotatable bonds is 17. The van der Waals surface area contributed by atoms with Crippen LogP contribution in [0.1, 0.15) is 83.4 Å². The number of thioether (sulfide) groups is 2. The third kappa shape index (κ3) is 19.8. The van der Waals surface area contributed by atoms with Gasteiger partial charge in [0, 0.05) is 144 Å². The van der Waals surface area contributed by atoms with Crippen molar-refractivity contribution in [2.24, 2.45) is 0 Å². The van der Waals surface area contributed by atoms with Gasteiger partial charge in [-0.25, -0.2) is 4.79 Å². The van der Waals surface area contributed by atoms with Gasteiger partial charge in [-0.15, -0.1) is 23.5 Å². The molecule has 17 aromatic rings. The number of nitriles is 5. The number of aryl methyl sites for hydroxylation is 1. The smallest absolute Gasteiger partial charge is 0.335 e. The van der Waals surface area contributed by atoms with Gasteiger partial charge in [-0.2, -0.15) is 26.3 Å². The Morgan fingerprint density at radius 3 is 1.01 bits per heavy atom. The van der Waals surface area contributed by atoms with Crippen LogP contribution in [0.25, 0.3) is 131 Å². The maximum Gasteiger partial charge on any atom is 0.335 e. The van der Waals surface area contributed by atoms with E-state index < -0.39 is 39.3 Å². The lowest BCUT2D eigenvalue weighted by Crippen LogP contribution is -2.26. The number of fused-ring (bicyclic) bond motifs is 7. The summed E-state index contributed by atoms with van der Waals surface area (Å²) in [5.74, 6) is -4.31. The first-order valence-electron chi connectivity index (χ1n) is 38.6. The van der Waals surface area contributed by atoms with Crippen LogP contribution < -0.4 is 0 Å². The Hall–Kier alpha value is -16.3. The second-order valence-electron chi connectivity index (χ2n) is 29.6. The average Bonchev–Trinajstić information content (AvgIpc) is 0.767. The monoisotopic (exact) mass is 1660 g/mol. The van der Waals surface area contributed by atoms with Crippen molar-refractivity contribution in [3.8, 4) is 86.0 Å². The largest absolute Gasteiger partial charge is 0.481 e. The number of nitrogens with zero attached hydrogens (tertiary/aromatic N) is 10. The predicted octanol–water partition coefficient (Wildman–Crippen LogP) is 22.4. The molecule has 0 aliphatic carbocycles. The molecule has 0 bridgehead atoms. The number of hydrogen-bond acceptors (Lipinski definition) is 17. The topological polar surface area (TPSA) is 370 Å². The number of benzene rings is 12. The van der Waals surface area contributed by atoms with Crippen molar-refractivity contribution in [3.63, 3.8) is 0 Å². The highest BCUT2D eigenvalue weighted by molar-refractivity contribution is 8.01. The number of carbonyl (C=O) groups is 5. The van der Waals surface area contributed by atoms with E-state index in [1.807, 2.05) is 194 Å². The molecule has 5 heterocycles. The van der Waals surface area contributed by atoms with Gasteiger partial charge in [0.2, 0.25) is 0 Å². The molecule has 0 atom stereocenters. The van der Waals surface area contributed by atoms with Crippen LogP contribution >= 0.6 is 23.5 Å². The molecule has 5 N–H and O–H groups in total. The summed E-state index contributed by atoms with van der Waals surface area (Å²) in [7, 11) is 0. The summed E-state index contributed by atoms with van der Waals surface area (Å²) in [6.07, 6.45) is 18.4. The normalized spacial score (nSPS) is 10.9. The maximum absolute atomic E-state index is 11.5. The third-order valence-electron chi connectivity index (χ3n) is 20.5. The Morgan fingerprint density at radius 1 is 0.315 bits per heavy atom. The van der Waals surface area contributed by atoms with Crippen molar-refractivity contribution in [2.75, 3.05) is 0 Å². The van der Waals surface area contributed by atoms with Crippen LogP contribution in [0, 0.1) is 56.7 Å². The average molecular weight is 1660 g/mol. The summed E-state index contributed by atoms with van der Waals surface area (Å²) in [6, 6.07) is 84.1. The first-order valence-corrected chi connectivity index (χ1v) is 40.2. The van der Waals surface area contributed by atoms with Crippen molar-refractivity contribution >= 4 is 129 Å². The van der Waals surface area contributed by atoms with Gasteiger partial charge in [-0.3, -0.25) is 44.1 Å². The highest BCUT2D eigenvalue weighted by Gasteiger charge is 2.30. The van der Waals surface area contributed by atoms with E-state index in [9.17, 15) is 44.7 Å². The molecule has 0 aliphatic heterocycles. The van der Waals surface area contributed by atoms with E-state index in [0.29, 0.717) is 34.2 Å². The highest BCUT2D eigenvalue weighted by Crippen LogP contribution is 2.42. The molecule has 5 aromatic heterocycles. The molecule has 0 spiro atoms. The highest BCUT2D eigenvalue weighted by atomic mass is 32.2. The third-order valence-corrected chi connectivity index (χ3v) is 22.9. The fraction of sp³-hybridized carbons (Fsp3) is 0.0882. The van der Waals surface area contributed by atoms with E-state index in [2.05, 4.69) is 55.3 Å². The molecule has 0 aliphatic rings. The fourth-order valence-electron chi connectivity index (χ4n) is 14.1. The SMILES string of the molecule is CC(C)(Sc1ccc2cncc(-c3ccc(C#N)c4ccccc34)c2c1)C(=O)O.CC(C)(Sc1ccc2cncc(-c3ccc(C#N)cc3)c2c1)C(=O)O.N#Cc1ccc(-c2cncc3ccc(C(=O)O)cc23)cc1.N#Cc1ccc(-c2cncc3ccc(CC(=O)O)cc23)c2ccccc12.N#Cc1ccc(-c2cncc3ccc(CCC(=O)O)cc23)cc1. The molecule has 0 fully saturated rings. The Balaban J connectivity index is 0.000000134. The predicted molar refractivity (Wildman–Crippen MR) is 484 cm³/mol. The molecule has 0 amide bonds. The molecule has 124 heavy (non-hydrogen) atoms. The number of pyridine rings is 5. The summed E-state index contributed by atoms with van der Waals surface area (Å²) < 4.78 is -1.84. The zero-order valence-corrected chi connectivity index (χ0v) is 68.6. The summed E-state index contributed by atoms with van der Waals surface area (Å²) in [5.41, 5.74) is 14.5. The van der Waals surface area contributed by atoms with Gasteiger partial charge in [-0.05, 0) is 202 Å². The number of carboxylic acids is 5. The van der Waals surface area contributed by atoms with Crippen molar-refractivity contribution in [1.82, 2.24) is 24.9 Å². The molecule has 12 aromatic carbocycles. The number of aliphatic carboxylic acids is 4. The van der Waals surface area contributed by atoms with E-state index >= 15 is 0 Å². The molecule has 0 saturated heterocycles. The zero-order valence-electron chi connectivity index (χ0n) is 67.0. The van der Waals surface area contributed by atoms with Crippen LogP contribution in [0.3, 0.4) is 0 Å². The van der Waals surface area contributed by atoms with Gasteiger partial charge in [0.15, 0.2) is 0 Å². The standard InChI is InChI=1S/C24H18N2O2S.C22H14N2O2.C20H16N2O2S.C19H14N2O2.C17H10N2O2/c1-24(2,23(27)28)29-17-9-7-16-13-26-14-22(21(16)11-17)20-10-8-15(12-25)18-5-3-4-6-19(18)20;23-11-15-7-8-19(18-4-2-1-3-17(15)18)21-13-24-12-16-6-5-14(9-20(16)21)10-22(25)26;1-20(2,19(23)24)25-16-8-7-15-11-22-12-18(17(15)9-16)14-5-3-13(10-21)4-6-14;20-10-14-2-5-15(6-3-14)18-12-21-11-16-7-1-13(9-17(16)18)4-8-19(22)23;18-8-11-1-3-12(4-2-11)16-10-19-9-14-6-5-13(17(20)21)7-15(14)16/h3-11,13-14H,1-2H3,(H,27,28);1-9,12-13H,10H2,(H,25,26);3-9,11-12H,1-2H3,(H,23,24);1-3,5-7,9,11-12H,4,8H2,(H,22,23);1-7,9-10H,(H,20,21). The van der Waals surface area contributed by atoms with Crippen molar-refractivity contribution < 1.29 is 49.5 Å². The fourth-order valence-corrected chi connectivity index (χ4v) is 16.0. The van der Waals surface area contributed by atoms with Crippen molar-refractivity contribution in [3.05, 3.63) is 343 Å². The number of carboxylic acid groups (broad SMARTS) is 5. The Kier molecular flexibility index (Phi) is 26.4. The van der Waals surface area contributed by atoms with E-state index in [0.717, 1.165) is 152 Å². The van der Waals surface area contributed by atoms with E-state index in [4.69, 9.17) is 31.1 Å². The van der Waals surface area contributed by atoms with Crippen LogP contribution in [-0.4, -0.2) is 89.8 Å². The van der Waals surface area contributed by atoms with E-state index in [-0.39, 0.29) is 18.4 Å². The lowest BCUT2D eigenvalue weighted by molar-refractivity contribution is -0.139. The minimum absolute atomic E-state index is 0.0220. The molecule has 22 heteroatoms. The maximum atomic E-state index is 11.5. The summed E-state index contributed by atoms with van der Waals surface area (Å²) in [4.78, 5) is 79.1. The molecule has 17 rings (SSSR count). The molecule has 602 valence electrons. The summed E-state index contributed by atoms with van der Waals surface area (Å²) in [6.45, 7) is 6.79. The van der Waals surface area contributed by atoms with Crippen molar-refractivity contribution in [1.29, 1.82) is 26.3 Å². The van der Waals surface area contributed by atoms with Gasteiger partial charge >= 0.3 is 29.8 Å². The Labute approximate surface area is 720 Å². The number of aromatic nitrogens is 5. The first-order chi connectivity index (χ1) is 59.8.